The van der Waals surface area contributed by atoms with E-state index in [2.05, 4.69) is 0 Å². The minimum absolute atomic E-state index is 0.000159. The van der Waals surface area contributed by atoms with Crippen LogP contribution in [-0.4, -0.2) is 24.6 Å². The van der Waals surface area contributed by atoms with Gasteiger partial charge in [0.2, 0.25) is 0 Å². The number of carbonyl (C=O) groups excluding carboxylic acids is 2. The number of esters is 2. The van der Waals surface area contributed by atoms with E-state index in [9.17, 15) is 9.59 Å². The van der Waals surface area contributed by atoms with Gasteiger partial charge < -0.3 is 9.47 Å². The summed E-state index contributed by atoms with van der Waals surface area (Å²) >= 11 is 0. The minimum atomic E-state index is -0.248. The second-order valence-electron chi connectivity index (χ2n) is 3.48. The summed E-state index contributed by atoms with van der Waals surface area (Å²) in [6.45, 7) is 5.25. The van der Waals surface area contributed by atoms with Crippen LogP contribution < -0.4 is 0 Å². The van der Waals surface area contributed by atoms with E-state index in [0.717, 1.165) is 25.7 Å². The second-order valence-corrected chi connectivity index (χ2v) is 3.48. The van der Waals surface area contributed by atoms with Crippen LogP contribution in [-0.2, 0) is 19.1 Å². The van der Waals surface area contributed by atoms with E-state index in [-0.39, 0.29) is 18.0 Å². The Morgan fingerprint density at radius 2 is 1.80 bits per heavy atom. The molecule has 0 aromatic rings. The molecule has 0 aromatic carbocycles. The molecule has 0 aliphatic heterocycles. The molecule has 0 saturated heterocycles. The standard InChI is InChI=1S/C11H20O4/c1-4-11(15-10(3)13)7-5-6-8-14-9(2)12/h11H,4-8H2,1-3H3. The number of ether oxygens (including phenoxy) is 2. The first-order valence-corrected chi connectivity index (χ1v) is 5.36. The number of hydrogen-bond donors (Lipinski definition) is 0. The molecule has 0 rings (SSSR count). The molecule has 0 N–H and O–H groups in total. The molecule has 0 heterocycles. The first kappa shape index (κ1) is 13.9. The monoisotopic (exact) mass is 216 g/mol. The summed E-state index contributed by atoms with van der Waals surface area (Å²) in [4.78, 5) is 21.2. The van der Waals surface area contributed by atoms with Crippen LogP contribution in [0.4, 0.5) is 0 Å². The Bertz CT molecular complexity index is 201. The van der Waals surface area contributed by atoms with Crippen molar-refractivity contribution in [2.45, 2.75) is 52.6 Å². The van der Waals surface area contributed by atoms with Crippen molar-refractivity contribution in [1.29, 1.82) is 0 Å². The summed E-state index contributed by atoms with van der Waals surface area (Å²) < 4.78 is 9.87. The molecule has 0 radical (unpaired) electrons. The summed E-state index contributed by atoms with van der Waals surface area (Å²) in [6, 6.07) is 0. The predicted octanol–water partition coefficient (Wildman–Crippen LogP) is 2.06. The Morgan fingerprint density at radius 3 is 2.27 bits per heavy atom. The third-order valence-electron chi connectivity index (χ3n) is 2.01. The van der Waals surface area contributed by atoms with Crippen LogP contribution in [0.25, 0.3) is 0 Å². The predicted molar refractivity (Wildman–Crippen MR) is 56.3 cm³/mol. The van der Waals surface area contributed by atoms with Crippen molar-refractivity contribution < 1.29 is 19.1 Å². The fourth-order valence-corrected chi connectivity index (χ4v) is 1.27. The Morgan fingerprint density at radius 1 is 1.13 bits per heavy atom. The van der Waals surface area contributed by atoms with Crippen LogP contribution in [0.1, 0.15) is 46.5 Å². The van der Waals surface area contributed by atoms with Gasteiger partial charge in [0.1, 0.15) is 6.10 Å². The zero-order chi connectivity index (χ0) is 11.7. The lowest BCUT2D eigenvalue weighted by Crippen LogP contribution is -2.15. The van der Waals surface area contributed by atoms with Gasteiger partial charge in [-0.3, -0.25) is 9.59 Å². The average Bonchev–Trinajstić information content (AvgIpc) is 2.14. The largest absolute Gasteiger partial charge is 0.466 e. The van der Waals surface area contributed by atoms with Crippen LogP contribution in [0.15, 0.2) is 0 Å². The number of rotatable bonds is 7. The molecule has 0 amide bonds. The summed E-state index contributed by atoms with van der Waals surface area (Å²) in [5, 5.41) is 0. The van der Waals surface area contributed by atoms with Crippen LogP contribution in [0.5, 0.6) is 0 Å². The summed E-state index contributed by atoms with van der Waals surface area (Å²) in [6.07, 6.45) is 3.38. The number of carbonyl (C=O) groups is 2. The third-order valence-corrected chi connectivity index (χ3v) is 2.01. The molecular weight excluding hydrogens is 196 g/mol. The van der Waals surface area contributed by atoms with Gasteiger partial charge in [0, 0.05) is 13.8 Å². The maximum Gasteiger partial charge on any atom is 0.302 e. The smallest absolute Gasteiger partial charge is 0.302 e. The van der Waals surface area contributed by atoms with E-state index in [0.29, 0.717) is 6.61 Å². The molecule has 0 spiro atoms. The van der Waals surface area contributed by atoms with Gasteiger partial charge in [-0.2, -0.15) is 0 Å². The zero-order valence-corrected chi connectivity index (χ0v) is 9.75. The molecule has 15 heavy (non-hydrogen) atoms. The van der Waals surface area contributed by atoms with Crippen LogP contribution in [0.2, 0.25) is 0 Å². The lowest BCUT2D eigenvalue weighted by Gasteiger charge is -2.14. The summed E-state index contributed by atoms with van der Waals surface area (Å²) in [5.41, 5.74) is 0. The van der Waals surface area contributed by atoms with Gasteiger partial charge in [-0.1, -0.05) is 6.92 Å². The molecule has 0 bridgehead atoms. The van der Waals surface area contributed by atoms with Gasteiger partial charge in [-0.05, 0) is 25.7 Å². The highest BCUT2D eigenvalue weighted by molar-refractivity contribution is 5.66. The zero-order valence-electron chi connectivity index (χ0n) is 9.75. The molecule has 88 valence electrons. The molecular formula is C11H20O4. The van der Waals surface area contributed by atoms with Crippen LogP contribution in [0, 0.1) is 0 Å². The topological polar surface area (TPSA) is 52.6 Å². The molecule has 0 aromatic heterocycles. The van der Waals surface area contributed by atoms with E-state index in [1.165, 1.54) is 13.8 Å². The first-order valence-electron chi connectivity index (χ1n) is 5.36. The maximum absolute atomic E-state index is 10.7. The molecule has 0 aliphatic rings. The van der Waals surface area contributed by atoms with Crippen molar-refractivity contribution in [3.05, 3.63) is 0 Å². The lowest BCUT2D eigenvalue weighted by atomic mass is 10.1. The van der Waals surface area contributed by atoms with E-state index in [1.54, 1.807) is 0 Å². The quantitative estimate of drug-likeness (QED) is 0.483. The molecule has 1 atom stereocenters. The SMILES string of the molecule is CCC(CCCCOC(C)=O)OC(C)=O. The maximum atomic E-state index is 10.7. The molecule has 0 fully saturated rings. The average molecular weight is 216 g/mol. The Labute approximate surface area is 90.9 Å². The van der Waals surface area contributed by atoms with E-state index >= 15 is 0 Å². The van der Waals surface area contributed by atoms with Gasteiger partial charge in [0.05, 0.1) is 6.61 Å². The van der Waals surface area contributed by atoms with Gasteiger partial charge >= 0.3 is 11.9 Å². The highest BCUT2D eigenvalue weighted by Crippen LogP contribution is 2.09. The number of hydrogen-bond acceptors (Lipinski definition) is 4. The summed E-state index contributed by atoms with van der Waals surface area (Å²) in [7, 11) is 0. The van der Waals surface area contributed by atoms with Crippen molar-refractivity contribution in [2.24, 2.45) is 0 Å². The normalized spacial score (nSPS) is 11.9. The minimum Gasteiger partial charge on any atom is -0.466 e. The summed E-state index contributed by atoms with van der Waals surface area (Å²) in [5.74, 6) is -0.483. The van der Waals surface area contributed by atoms with Crippen LogP contribution >= 0.6 is 0 Å². The molecule has 0 saturated carbocycles. The van der Waals surface area contributed by atoms with Gasteiger partial charge in [0.25, 0.3) is 0 Å². The molecule has 4 heteroatoms. The van der Waals surface area contributed by atoms with Crippen molar-refractivity contribution >= 4 is 11.9 Å². The molecule has 1 unspecified atom stereocenters. The third kappa shape index (κ3) is 9.25. The fraction of sp³-hybridized carbons (Fsp3) is 0.818. The Balaban J connectivity index is 3.46. The van der Waals surface area contributed by atoms with Gasteiger partial charge in [-0.15, -0.1) is 0 Å². The van der Waals surface area contributed by atoms with Gasteiger partial charge in [-0.25, -0.2) is 0 Å². The van der Waals surface area contributed by atoms with Crippen molar-refractivity contribution in [2.75, 3.05) is 6.61 Å². The van der Waals surface area contributed by atoms with E-state index in [1.807, 2.05) is 6.92 Å². The van der Waals surface area contributed by atoms with Gasteiger partial charge in [0.15, 0.2) is 0 Å². The Hall–Kier alpha value is -1.06. The number of unbranched alkanes of at least 4 members (excludes halogenated alkanes) is 1. The highest BCUT2D eigenvalue weighted by Gasteiger charge is 2.08. The van der Waals surface area contributed by atoms with Crippen LogP contribution in [0.3, 0.4) is 0 Å². The first-order chi connectivity index (χ1) is 7.06. The van der Waals surface area contributed by atoms with Crippen molar-refractivity contribution in [3.8, 4) is 0 Å². The fourth-order valence-electron chi connectivity index (χ4n) is 1.27. The van der Waals surface area contributed by atoms with E-state index in [4.69, 9.17) is 9.47 Å². The molecule has 4 nitrogen and oxygen atoms in total. The van der Waals surface area contributed by atoms with Crippen molar-refractivity contribution in [1.82, 2.24) is 0 Å². The Kier molecular flexibility index (Phi) is 7.68. The lowest BCUT2D eigenvalue weighted by molar-refractivity contribution is -0.146. The second kappa shape index (κ2) is 8.26. The highest BCUT2D eigenvalue weighted by atomic mass is 16.5. The van der Waals surface area contributed by atoms with Crippen molar-refractivity contribution in [3.63, 3.8) is 0 Å². The molecule has 0 aliphatic carbocycles. The van der Waals surface area contributed by atoms with E-state index < -0.39 is 0 Å².